The number of ether oxygens (including phenoxy) is 5. The molecule has 2 saturated heterocycles. The van der Waals surface area contributed by atoms with Crippen LogP contribution in [-0.4, -0.2) is 92.1 Å². The molecule has 3 N–H and O–H groups in total. The largest absolute Gasteiger partial charge is 0.459 e. The van der Waals surface area contributed by atoms with Crippen LogP contribution in [0.1, 0.15) is 68.7 Å². The minimum Gasteiger partial charge on any atom is -0.459 e. The van der Waals surface area contributed by atoms with Gasteiger partial charge in [0.1, 0.15) is 23.4 Å². The van der Waals surface area contributed by atoms with Crippen LogP contribution < -0.4 is 0 Å². The summed E-state index contributed by atoms with van der Waals surface area (Å²) in [6.45, 7) is 12.7. The number of carbonyl (C=O) groups is 4. The molecule has 0 aromatic heterocycles. The van der Waals surface area contributed by atoms with E-state index < -0.39 is 100 Å². The normalized spacial score (nSPS) is 41.3. The van der Waals surface area contributed by atoms with E-state index in [9.17, 15) is 34.5 Å². The van der Waals surface area contributed by atoms with Gasteiger partial charge in [0, 0.05) is 25.7 Å². The van der Waals surface area contributed by atoms with E-state index in [2.05, 4.69) is 6.58 Å². The number of esters is 4. The van der Waals surface area contributed by atoms with Crippen molar-refractivity contribution in [1.82, 2.24) is 0 Å². The first kappa shape index (κ1) is 35.7. The van der Waals surface area contributed by atoms with Crippen LogP contribution in [-0.2, 0) is 33.3 Å². The van der Waals surface area contributed by atoms with Crippen molar-refractivity contribution in [2.45, 2.75) is 101 Å². The van der Waals surface area contributed by atoms with Gasteiger partial charge in [0.15, 0.2) is 17.8 Å². The Kier molecular flexibility index (Phi) is 8.78. The molecule has 50 heavy (non-hydrogen) atoms. The number of benzene rings is 2. The quantitative estimate of drug-likeness (QED) is 0.220. The van der Waals surface area contributed by atoms with Crippen molar-refractivity contribution in [3.05, 3.63) is 83.9 Å². The lowest BCUT2D eigenvalue weighted by Crippen LogP contribution is -2.80. The van der Waals surface area contributed by atoms with E-state index >= 15 is 0 Å². The Balaban J connectivity index is 1.59. The Morgan fingerprint density at radius 1 is 0.800 bits per heavy atom. The first-order chi connectivity index (χ1) is 23.5. The van der Waals surface area contributed by atoms with Crippen molar-refractivity contribution in [2.75, 3.05) is 0 Å². The highest BCUT2D eigenvalue weighted by Crippen LogP contribution is 2.70. The second kappa shape index (κ2) is 12.3. The van der Waals surface area contributed by atoms with Crippen molar-refractivity contribution in [3.8, 4) is 0 Å². The fourth-order valence-electron chi connectivity index (χ4n) is 9.54. The van der Waals surface area contributed by atoms with Gasteiger partial charge < -0.3 is 39.0 Å². The molecule has 0 unspecified atom stereocenters. The number of hydrogen-bond acceptors (Lipinski definition) is 12. The Labute approximate surface area is 290 Å². The zero-order valence-electron chi connectivity index (χ0n) is 28.9. The van der Waals surface area contributed by atoms with Gasteiger partial charge in [-0.05, 0) is 56.0 Å². The molecule has 4 fully saturated rings. The van der Waals surface area contributed by atoms with Gasteiger partial charge in [-0.2, -0.15) is 0 Å². The molecule has 4 aliphatic rings. The summed E-state index contributed by atoms with van der Waals surface area (Å²) >= 11 is 0. The fraction of sp³-hybridized carbons (Fsp3) is 0.526. The van der Waals surface area contributed by atoms with Crippen LogP contribution in [0.25, 0.3) is 0 Å². The van der Waals surface area contributed by atoms with Crippen LogP contribution >= 0.6 is 0 Å². The maximum atomic E-state index is 13.8. The summed E-state index contributed by atoms with van der Waals surface area (Å²) < 4.78 is 30.9. The number of fused-ring (bicyclic) bond motifs is 3. The molecule has 1 spiro atoms. The van der Waals surface area contributed by atoms with Gasteiger partial charge in [-0.1, -0.05) is 56.8 Å². The van der Waals surface area contributed by atoms with E-state index in [1.54, 1.807) is 62.4 Å². The van der Waals surface area contributed by atoms with Gasteiger partial charge in [-0.25, -0.2) is 9.59 Å². The Hall–Kier alpha value is -4.10. The van der Waals surface area contributed by atoms with Gasteiger partial charge >= 0.3 is 23.9 Å². The van der Waals surface area contributed by atoms with Crippen molar-refractivity contribution in [2.24, 2.45) is 23.7 Å². The Morgan fingerprint density at radius 2 is 1.32 bits per heavy atom. The van der Waals surface area contributed by atoms with Crippen molar-refractivity contribution < 1.29 is 58.2 Å². The molecule has 2 aliphatic carbocycles. The molecule has 2 aromatic carbocycles. The smallest absolute Gasteiger partial charge is 0.339 e. The molecule has 0 amide bonds. The summed E-state index contributed by atoms with van der Waals surface area (Å²) in [4.78, 5) is 53.2. The zero-order valence-corrected chi connectivity index (χ0v) is 28.9. The predicted molar refractivity (Wildman–Crippen MR) is 175 cm³/mol. The number of aliphatic hydroxyl groups excluding tert-OH is 2. The molecule has 13 atom stereocenters. The van der Waals surface area contributed by atoms with E-state index in [0.717, 1.165) is 13.8 Å². The second-order valence-corrected chi connectivity index (χ2v) is 14.5. The fourth-order valence-corrected chi connectivity index (χ4v) is 9.54. The van der Waals surface area contributed by atoms with Crippen LogP contribution in [0.3, 0.4) is 0 Å². The molecule has 2 bridgehead atoms. The summed E-state index contributed by atoms with van der Waals surface area (Å²) in [7, 11) is 0. The number of carbonyl (C=O) groups excluding carboxylic acids is 4. The molecule has 0 radical (unpaired) electrons. The maximum Gasteiger partial charge on any atom is 0.339 e. The Bertz CT molecular complexity index is 1700. The highest BCUT2D eigenvalue weighted by Gasteiger charge is 2.87. The van der Waals surface area contributed by atoms with Gasteiger partial charge in [0.2, 0.25) is 0 Å². The first-order valence-corrected chi connectivity index (χ1v) is 16.8. The molecule has 12 heteroatoms. The summed E-state index contributed by atoms with van der Waals surface area (Å²) in [5, 5.41) is 38.1. The van der Waals surface area contributed by atoms with Crippen LogP contribution in [0.2, 0.25) is 0 Å². The summed E-state index contributed by atoms with van der Waals surface area (Å²) in [5.74, 6) is -7.50. The van der Waals surface area contributed by atoms with Crippen molar-refractivity contribution >= 4 is 23.9 Å². The van der Waals surface area contributed by atoms with E-state index in [-0.39, 0.29) is 23.1 Å². The number of rotatable bonds is 7. The maximum absolute atomic E-state index is 13.8. The second-order valence-electron chi connectivity index (χ2n) is 14.5. The number of hydrogen-bond donors (Lipinski definition) is 3. The highest BCUT2D eigenvalue weighted by molar-refractivity contribution is 5.90. The zero-order chi connectivity index (χ0) is 36.6. The van der Waals surface area contributed by atoms with Gasteiger partial charge in [-0.15, -0.1) is 0 Å². The molecule has 2 saturated carbocycles. The predicted octanol–water partition coefficient (Wildman–Crippen LogP) is 3.16. The SMILES string of the molecule is C=C(C)[C@@]1(OC(=O)c2ccccc2)[C@H](O)[C@@H]2[C@H](OC(C)=O)[C@@]3(C)O[C@@]4([C@@H]3OC(=O)c3ccccc3)[C@@H](O)[C@@H](C)C[C@H]4[C@@]2(O)[C@H](C)[C@@H]1OC(C)=O. The minimum absolute atomic E-state index is 0.0836. The summed E-state index contributed by atoms with van der Waals surface area (Å²) in [6.07, 6.45) is -7.50. The first-order valence-electron chi connectivity index (χ1n) is 16.8. The average Bonchev–Trinajstić information content (AvgIpc) is 3.28. The third-order valence-electron chi connectivity index (χ3n) is 11.6. The third-order valence-corrected chi connectivity index (χ3v) is 11.6. The standard InChI is InChI=1S/C38H44O12/c1-19(2)37(49-33(44)25-16-12-9-13-17-25)29(42)27-31(47-23(6)40)35(7)34(48-32(43)24-14-10-8-11-15-24)38(50-35)26(18-20(3)28(38)41)36(27,45)21(4)30(37)46-22(5)39/h8-17,20-21,26-31,34,41-42,45H,1,18H2,2-7H3/t20-,21+,26-,27+,28-,29+,30-,31-,34+,35+,36-,37+,38+/m0/s1. The van der Waals surface area contributed by atoms with E-state index in [1.807, 2.05) is 0 Å². The highest BCUT2D eigenvalue weighted by atomic mass is 16.7. The molecular formula is C38H44O12. The number of aliphatic hydroxyl groups is 3. The van der Waals surface area contributed by atoms with Gasteiger partial charge in [0.05, 0.1) is 28.7 Å². The van der Waals surface area contributed by atoms with Crippen LogP contribution in [0.4, 0.5) is 0 Å². The molecule has 2 aromatic rings. The lowest BCUT2D eigenvalue weighted by Gasteiger charge is -2.62. The van der Waals surface area contributed by atoms with Crippen molar-refractivity contribution in [1.29, 1.82) is 0 Å². The Morgan fingerprint density at radius 3 is 1.84 bits per heavy atom. The lowest BCUT2D eigenvalue weighted by molar-refractivity contribution is -0.388. The van der Waals surface area contributed by atoms with Gasteiger partial charge in [0.25, 0.3) is 0 Å². The van der Waals surface area contributed by atoms with Gasteiger partial charge in [-0.3, -0.25) is 9.59 Å². The van der Waals surface area contributed by atoms with Crippen LogP contribution in [0, 0.1) is 23.7 Å². The lowest BCUT2D eigenvalue weighted by atomic mass is 9.52. The van der Waals surface area contributed by atoms with E-state index in [1.165, 1.54) is 26.0 Å². The molecule has 2 aliphatic heterocycles. The van der Waals surface area contributed by atoms with E-state index in [4.69, 9.17) is 23.7 Å². The molecule has 268 valence electrons. The summed E-state index contributed by atoms with van der Waals surface area (Å²) in [6, 6.07) is 16.2. The molecular weight excluding hydrogens is 648 g/mol. The monoisotopic (exact) mass is 692 g/mol. The minimum atomic E-state index is -2.19. The molecule has 2 heterocycles. The van der Waals surface area contributed by atoms with Crippen LogP contribution in [0.15, 0.2) is 72.8 Å². The molecule has 6 rings (SSSR count). The van der Waals surface area contributed by atoms with Crippen LogP contribution in [0.5, 0.6) is 0 Å². The van der Waals surface area contributed by atoms with E-state index in [0.29, 0.717) is 0 Å². The molecule has 12 nitrogen and oxygen atoms in total. The average molecular weight is 693 g/mol. The topological polar surface area (TPSA) is 175 Å². The van der Waals surface area contributed by atoms with Crippen molar-refractivity contribution in [3.63, 3.8) is 0 Å². The third kappa shape index (κ3) is 4.86. The summed E-state index contributed by atoms with van der Waals surface area (Å²) in [5.41, 5.74) is -7.40.